The molecule has 4 rings (SSSR count). The number of unbranched alkanes of at least 4 members (excludes halogenated alkanes) is 7. The van der Waals surface area contributed by atoms with Crippen LogP contribution in [0.25, 0.3) is 10.9 Å². The van der Waals surface area contributed by atoms with Crippen LogP contribution in [0.2, 0.25) is 0 Å². The van der Waals surface area contributed by atoms with Gasteiger partial charge in [0.1, 0.15) is 17.4 Å². The van der Waals surface area contributed by atoms with Crippen LogP contribution in [-0.4, -0.2) is 47.5 Å². The maximum atomic E-state index is 13.5. The zero-order chi connectivity index (χ0) is 33.3. The zero-order valence-corrected chi connectivity index (χ0v) is 27.4. The number of halogens is 3. The maximum absolute atomic E-state index is 13.5. The molecule has 1 fully saturated rings. The molecule has 0 saturated carbocycles. The number of nitrogens with one attached hydrogen (secondary N) is 1. The molecule has 2 aromatic carbocycles. The predicted octanol–water partition coefficient (Wildman–Crippen LogP) is 7.90. The Hall–Kier alpha value is -3.60. The highest BCUT2D eigenvalue weighted by Gasteiger charge is 2.32. The Kier molecular flexibility index (Phi) is 12.5. The highest BCUT2D eigenvalue weighted by atomic mass is 19.4. The average molecular weight is 643 g/mol. The third-order valence-electron chi connectivity index (χ3n) is 8.95. The SMILES string of the molecule is COc1cc2nc(C)nc(N[C@H](C)c3cc(N)cc(C(F)(F)F)c3)c2cc1C1CCN(C(=O)CCCCCCCCCCN)CC1. The number of rotatable bonds is 15. The largest absolute Gasteiger partial charge is 0.496 e. The van der Waals surface area contributed by atoms with Gasteiger partial charge in [0.15, 0.2) is 0 Å². The van der Waals surface area contributed by atoms with Gasteiger partial charge in [0.25, 0.3) is 0 Å². The third kappa shape index (κ3) is 9.47. The van der Waals surface area contributed by atoms with Gasteiger partial charge in [-0.2, -0.15) is 13.2 Å². The summed E-state index contributed by atoms with van der Waals surface area (Å²) < 4.78 is 46.2. The molecule has 0 radical (unpaired) electrons. The number of aryl methyl sites for hydroxylation is 1. The molecule has 252 valence electrons. The van der Waals surface area contributed by atoms with E-state index in [0.29, 0.717) is 42.2 Å². The molecular formula is C35H49F3N6O2. The van der Waals surface area contributed by atoms with Crippen molar-refractivity contribution >= 4 is 28.3 Å². The lowest BCUT2D eigenvalue weighted by Crippen LogP contribution is -2.37. The Bertz CT molecular complexity index is 1460. The van der Waals surface area contributed by atoms with Gasteiger partial charge in [-0.3, -0.25) is 4.79 Å². The molecule has 1 aromatic heterocycles. The second kappa shape index (κ2) is 16.3. The van der Waals surface area contributed by atoms with Crippen molar-refractivity contribution in [3.8, 4) is 5.75 Å². The lowest BCUT2D eigenvalue weighted by atomic mass is 9.87. The van der Waals surface area contributed by atoms with Gasteiger partial charge in [-0.05, 0) is 87.4 Å². The fourth-order valence-corrected chi connectivity index (χ4v) is 6.35. The molecule has 1 amide bonds. The van der Waals surface area contributed by atoms with Gasteiger partial charge in [-0.1, -0.05) is 38.5 Å². The molecule has 8 nitrogen and oxygen atoms in total. The fraction of sp³-hybridized carbons (Fsp3) is 0.571. The summed E-state index contributed by atoms with van der Waals surface area (Å²) in [5.74, 6) is 2.18. The Morgan fingerprint density at radius 2 is 1.65 bits per heavy atom. The summed E-state index contributed by atoms with van der Waals surface area (Å²) in [6.07, 6.45) is 6.93. The number of carbonyl (C=O) groups is 1. The van der Waals surface area contributed by atoms with Crippen LogP contribution in [0.3, 0.4) is 0 Å². The number of carbonyl (C=O) groups excluding carboxylic acids is 1. The number of nitrogens with two attached hydrogens (primary N) is 2. The highest BCUT2D eigenvalue weighted by Crippen LogP contribution is 2.39. The lowest BCUT2D eigenvalue weighted by Gasteiger charge is -2.33. The van der Waals surface area contributed by atoms with Crippen LogP contribution < -0.4 is 21.5 Å². The topological polar surface area (TPSA) is 119 Å². The predicted molar refractivity (Wildman–Crippen MR) is 178 cm³/mol. The van der Waals surface area contributed by atoms with Gasteiger partial charge in [-0.15, -0.1) is 0 Å². The number of anilines is 2. The number of aromatic nitrogens is 2. The number of hydrogen-bond donors (Lipinski definition) is 3. The van der Waals surface area contributed by atoms with E-state index in [1.54, 1.807) is 27.0 Å². The van der Waals surface area contributed by atoms with Crippen molar-refractivity contribution in [3.63, 3.8) is 0 Å². The highest BCUT2D eigenvalue weighted by molar-refractivity contribution is 5.91. The van der Waals surface area contributed by atoms with Gasteiger partial charge in [0.05, 0.1) is 24.2 Å². The summed E-state index contributed by atoms with van der Waals surface area (Å²) in [4.78, 5) is 24.2. The third-order valence-corrected chi connectivity index (χ3v) is 8.95. The monoisotopic (exact) mass is 642 g/mol. The molecule has 1 saturated heterocycles. The van der Waals surface area contributed by atoms with Crippen LogP contribution in [0.15, 0.2) is 30.3 Å². The smallest absolute Gasteiger partial charge is 0.416 e. The van der Waals surface area contributed by atoms with Gasteiger partial charge in [0, 0.05) is 36.7 Å². The van der Waals surface area contributed by atoms with Gasteiger partial charge >= 0.3 is 6.18 Å². The summed E-state index contributed by atoms with van der Waals surface area (Å²) in [6.45, 7) is 5.70. The van der Waals surface area contributed by atoms with Crippen molar-refractivity contribution in [2.75, 3.05) is 37.8 Å². The van der Waals surface area contributed by atoms with Crippen LogP contribution >= 0.6 is 0 Å². The quantitative estimate of drug-likeness (QED) is 0.114. The van der Waals surface area contributed by atoms with Crippen molar-refractivity contribution in [3.05, 3.63) is 52.8 Å². The Balaban J connectivity index is 1.41. The standard InChI is InChI=1S/C35H49F3N6O2/c1-23(26-18-27(35(36,37)38)20-28(40)19-26)41-34-30-21-29(32(46-3)22-31(30)42-24(2)43-34)25-13-16-44(17-14-25)33(45)12-10-8-6-4-5-7-9-11-15-39/h18-23,25H,4-17,39-40H2,1-3H3,(H,41,42,43)/t23-/m1/s1. The van der Waals surface area contributed by atoms with Gasteiger partial charge in [-0.25, -0.2) is 9.97 Å². The van der Waals surface area contributed by atoms with E-state index < -0.39 is 17.8 Å². The molecule has 0 bridgehead atoms. The van der Waals surface area contributed by atoms with Crippen LogP contribution in [0, 0.1) is 6.92 Å². The first kappa shape index (κ1) is 35.3. The molecular weight excluding hydrogens is 593 g/mol. The Morgan fingerprint density at radius 3 is 2.28 bits per heavy atom. The summed E-state index contributed by atoms with van der Waals surface area (Å²) >= 11 is 0. The second-order valence-corrected chi connectivity index (χ2v) is 12.5. The van der Waals surface area contributed by atoms with Gasteiger partial charge < -0.3 is 26.4 Å². The van der Waals surface area contributed by atoms with Crippen LogP contribution in [0.1, 0.15) is 112 Å². The first-order valence-corrected chi connectivity index (χ1v) is 16.6. The van der Waals surface area contributed by atoms with Crippen LogP contribution in [0.5, 0.6) is 5.75 Å². The van der Waals surface area contributed by atoms with Crippen molar-refractivity contribution in [1.29, 1.82) is 0 Å². The van der Waals surface area contributed by atoms with Gasteiger partial charge in [0.2, 0.25) is 5.91 Å². The molecule has 0 unspecified atom stereocenters. The molecule has 0 spiro atoms. The number of methoxy groups -OCH3 is 1. The van der Waals surface area contributed by atoms with E-state index in [1.165, 1.54) is 32.1 Å². The normalized spacial score (nSPS) is 14.9. The fourth-order valence-electron chi connectivity index (χ4n) is 6.35. The molecule has 1 aliphatic rings. The Labute approximate surface area is 270 Å². The molecule has 1 aliphatic heterocycles. The second-order valence-electron chi connectivity index (χ2n) is 12.5. The van der Waals surface area contributed by atoms with Crippen LogP contribution in [0.4, 0.5) is 24.7 Å². The van der Waals surface area contributed by atoms with E-state index in [9.17, 15) is 18.0 Å². The van der Waals surface area contributed by atoms with Crippen molar-refractivity contribution in [2.45, 2.75) is 103 Å². The number of ether oxygens (including phenoxy) is 1. The number of hydrogen-bond acceptors (Lipinski definition) is 7. The van der Waals surface area contributed by atoms with E-state index in [1.807, 2.05) is 17.0 Å². The zero-order valence-electron chi connectivity index (χ0n) is 27.4. The number of piperidine rings is 1. The van der Waals surface area contributed by atoms with E-state index in [4.69, 9.17) is 16.2 Å². The van der Waals surface area contributed by atoms with E-state index in [2.05, 4.69) is 15.3 Å². The number of amides is 1. The number of benzene rings is 2. The van der Waals surface area contributed by atoms with E-state index in [0.717, 1.165) is 67.5 Å². The first-order valence-electron chi connectivity index (χ1n) is 16.6. The van der Waals surface area contributed by atoms with Crippen molar-refractivity contribution in [1.82, 2.24) is 14.9 Å². The first-order chi connectivity index (χ1) is 22.0. The van der Waals surface area contributed by atoms with E-state index >= 15 is 0 Å². The summed E-state index contributed by atoms with van der Waals surface area (Å²) in [7, 11) is 1.64. The summed E-state index contributed by atoms with van der Waals surface area (Å²) in [6, 6.07) is 7.00. The van der Waals surface area contributed by atoms with Crippen LogP contribution in [-0.2, 0) is 11.0 Å². The van der Waals surface area contributed by atoms with Crippen molar-refractivity contribution in [2.24, 2.45) is 5.73 Å². The summed E-state index contributed by atoms with van der Waals surface area (Å²) in [5, 5.41) is 4.06. The maximum Gasteiger partial charge on any atom is 0.416 e. The summed E-state index contributed by atoms with van der Waals surface area (Å²) in [5.41, 5.74) is 12.7. The number of nitrogen functional groups attached to an aromatic ring is 1. The number of likely N-dealkylation sites (tertiary alicyclic amines) is 1. The number of nitrogens with zero attached hydrogens (tertiary/aromatic N) is 3. The molecule has 1 atom stereocenters. The number of fused-ring (bicyclic) bond motifs is 1. The van der Waals surface area contributed by atoms with E-state index in [-0.39, 0.29) is 17.5 Å². The molecule has 0 aliphatic carbocycles. The molecule has 2 heterocycles. The molecule has 3 aromatic rings. The minimum absolute atomic E-state index is 0.0451. The minimum atomic E-state index is -4.50. The number of alkyl halides is 3. The molecule has 5 N–H and O–H groups in total. The average Bonchev–Trinajstić information content (AvgIpc) is 3.02. The molecule has 46 heavy (non-hydrogen) atoms. The minimum Gasteiger partial charge on any atom is -0.496 e. The van der Waals surface area contributed by atoms with Crippen molar-refractivity contribution < 1.29 is 22.7 Å². The lowest BCUT2D eigenvalue weighted by molar-refractivity contribution is -0.137. The Morgan fingerprint density at radius 1 is 1.00 bits per heavy atom. The molecule has 11 heteroatoms.